The standard InChI is InChI=1S/C18H19ClN6O/c19-15-3-1-4-16-14(15)13-22-25(16)8-5-17(26)23-9-11-24(12-10-23)18-20-6-2-7-21-18/h1-4,6-7,13H,5,8-12H2. The number of carbonyl (C=O) groups is 1. The summed E-state index contributed by atoms with van der Waals surface area (Å²) < 4.78 is 1.84. The summed E-state index contributed by atoms with van der Waals surface area (Å²) in [5, 5.41) is 5.96. The number of anilines is 1. The molecule has 0 radical (unpaired) electrons. The van der Waals surface area contributed by atoms with E-state index in [-0.39, 0.29) is 5.91 Å². The van der Waals surface area contributed by atoms with Crippen LogP contribution < -0.4 is 4.90 Å². The van der Waals surface area contributed by atoms with Crippen LogP contribution in [0.15, 0.2) is 42.9 Å². The van der Waals surface area contributed by atoms with Gasteiger partial charge in [-0.05, 0) is 18.2 Å². The quantitative estimate of drug-likeness (QED) is 0.704. The molecule has 0 bridgehead atoms. The lowest BCUT2D eigenvalue weighted by molar-refractivity contribution is -0.131. The normalized spacial score (nSPS) is 14.8. The zero-order valence-corrected chi connectivity index (χ0v) is 15.0. The number of halogens is 1. The van der Waals surface area contributed by atoms with Gasteiger partial charge < -0.3 is 9.80 Å². The number of fused-ring (bicyclic) bond motifs is 1. The average Bonchev–Trinajstić information content (AvgIpc) is 3.11. The van der Waals surface area contributed by atoms with Crippen LogP contribution in [0.2, 0.25) is 5.02 Å². The Morgan fingerprint density at radius 1 is 1.08 bits per heavy atom. The van der Waals surface area contributed by atoms with Gasteiger partial charge in [0, 0.05) is 50.4 Å². The topological polar surface area (TPSA) is 67.2 Å². The van der Waals surface area contributed by atoms with Crippen molar-refractivity contribution in [2.45, 2.75) is 13.0 Å². The zero-order valence-electron chi connectivity index (χ0n) is 14.3. The molecular formula is C18H19ClN6O. The molecule has 0 unspecified atom stereocenters. The van der Waals surface area contributed by atoms with Crippen molar-refractivity contribution in [1.29, 1.82) is 0 Å². The number of hydrogen-bond donors (Lipinski definition) is 0. The van der Waals surface area contributed by atoms with Crippen molar-refractivity contribution < 1.29 is 4.79 Å². The molecule has 134 valence electrons. The van der Waals surface area contributed by atoms with Crippen molar-refractivity contribution in [3.8, 4) is 0 Å². The van der Waals surface area contributed by atoms with Crippen molar-refractivity contribution in [3.05, 3.63) is 47.9 Å². The van der Waals surface area contributed by atoms with Crippen molar-refractivity contribution in [1.82, 2.24) is 24.6 Å². The largest absolute Gasteiger partial charge is 0.339 e. The van der Waals surface area contributed by atoms with E-state index in [9.17, 15) is 4.79 Å². The lowest BCUT2D eigenvalue weighted by Crippen LogP contribution is -2.49. The van der Waals surface area contributed by atoms with Gasteiger partial charge in [0.15, 0.2) is 0 Å². The van der Waals surface area contributed by atoms with Crippen LogP contribution in [-0.4, -0.2) is 56.7 Å². The minimum absolute atomic E-state index is 0.143. The molecule has 4 rings (SSSR count). The number of nitrogens with zero attached hydrogens (tertiary/aromatic N) is 6. The Bertz CT molecular complexity index is 904. The smallest absolute Gasteiger partial charge is 0.225 e. The zero-order chi connectivity index (χ0) is 17.9. The molecule has 1 fully saturated rings. The third kappa shape index (κ3) is 3.35. The molecule has 3 aromatic rings. The van der Waals surface area contributed by atoms with E-state index < -0.39 is 0 Å². The first-order valence-electron chi connectivity index (χ1n) is 8.62. The molecule has 1 aliphatic rings. The van der Waals surface area contributed by atoms with Crippen molar-refractivity contribution in [3.63, 3.8) is 0 Å². The Hall–Kier alpha value is -2.67. The monoisotopic (exact) mass is 370 g/mol. The van der Waals surface area contributed by atoms with Crippen LogP contribution >= 0.6 is 11.6 Å². The maximum atomic E-state index is 12.5. The Balaban J connectivity index is 1.34. The van der Waals surface area contributed by atoms with Crippen LogP contribution in [0.4, 0.5) is 5.95 Å². The van der Waals surface area contributed by atoms with Gasteiger partial charge in [-0.3, -0.25) is 9.48 Å². The first-order chi connectivity index (χ1) is 12.7. The van der Waals surface area contributed by atoms with E-state index in [1.165, 1.54) is 0 Å². The van der Waals surface area contributed by atoms with E-state index in [2.05, 4.69) is 20.0 Å². The number of rotatable bonds is 4. The first-order valence-corrected chi connectivity index (χ1v) is 9.00. The van der Waals surface area contributed by atoms with Crippen LogP contribution in [-0.2, 0) is 11.3 Å². The highest BCUT2D eigenvalue weighted by Gasteiger charge is 2.22. The van der Waals surface area contributed by atoms with Gasteiger partial charge in [0.05, 0.1) is 23.3 Å². The molecule has 1 amide bonds. The average molecular weight is 371 g/mol. The third-order valence-electron chi connectivity index (χ3n) is 4.64. The van der Waals surface area contributed by atoms with Gasteiger partial charge in [-0.1, -0.05) is 17.7 Å². The maximum Gasteiger partial charge on any atom is 0.225 e. The van der Waals surface area contributed by atoms with Crippen LogP contribution in [0.3, 0.4) is 0 Å². The molecule has 7 nitrogen and oxygen atoms in total. The summed E-state index contributed by atoms with van der Waals surface area (Å²) in [6, 6.07) is 7.51. The van der Waals surface area contributed by atoms with Crippen molar-refractivity contribution in [2.75, 3.05) is 31.1 Å². The van der Waals surface area contributed by atoms with Crippen LogP contribution in [0.5, 0.6) is 0 Å². The number of amides is 1. The number of piperazine rings is 1. The second kappa shape index (κ2) is 7.29. The van der Waals surface area contributed by atoms with E-state index in [1.807, 2.05) is 27.8 Å². The molecule has 1 saturated heterocycles. The molecular weight excluding hydrogens is 352 g/mol. The fourth-order valence-electron chi connectivity index (χ4n) is 3.22. The molecule has 1 aliphatic heterocycles. The van der Waals surface area contributed by atoms with Gasteiger partial charge in [0.1, 0.15) is 0 Å². The van der Waals surface area contributed by atoms with Gasteiger partial charge in [-0.2, -0.15) is 5.10 Å². The Morgan fingerprint density at radius 3 is 2.62 bits per heavy atom. The molecule has 26 heavy (non-hydrogen) atoms. The van der Waals surface area contributed by atoms with E-state index in [0.29, 0.717) is 31.1 Å². The van der Waals surface area contributed by atoms with Gasteiger partial charge >= 0.3 is 0 Å². The Labute approximate surface area is 156 Å². The summed E-state index contributed by atoms with van der Waals surface area (Å²) in [5.41, 5.74) is 0.955. The van der Waals surface area contributed by atoms with Crippen molar-refractivity contribution in [2.24, 2.45) is 0 Å². The summed E-state index contributed by atoms with van der Waals surface area (Å²) in [4.78, 5) is 25.1. The van der Waals surface area contributed by atoms with E-state index in [4.69, 9.17) is 11.6 Å². The summed E-state index contributed by atoms with van der Waals surface area (Å²) in [5.74, 6) is 0.865. The lowest BCUT2D eigenvalue weighted by Gasteiger charge is -2.34. The van der Waals surface area contributed by atoms with Crippen LogP contribution in [0.25, 0.3) is 10.9 Å². The third-order valence-corrected chi connectivity index (χ3v) is 4.97. The van der Waals surface area contributed by atoms with Crippen molar-refractivity contribution >= 4 is 34.4 Å². The second-order valence-corrected chi connectivity index (χ2v) is 6.61. The highest BCUT2D eigenvalue weighted by atomic mass is 35.5. The molecule has 0 saturated carbocycles. The number of aryl methyl sites for hydroxylation is 1. The van der Waals surface area contributed by atoms with Crippen LogP contribution in [0.1, 0.15) is 6.42 Å². The summed E-state index contributed by atoms with van der Waals surface area (Å²) in [6.07, 6.45) is 5.65. The lowest BCUT2D eigenvalue weighted by atomic mass is 10.2. The number of carbonyl (C=O) groups excluding carboxylic acids is 1. The molecule has 3 heterocycles. The second-order valence-electron chi connectivity index (χ2n) is 6.21. The predicted molar refractivity (Wildman–Crippen MR) is 100 cm³/mol. The molecule has 0 aliphatic carbocycles. The van der Waals surface area contributed by atoms with E-state index >= 15 is 0 Å². The molecule has 2 aromatic heterocycles. The van der Waals surface area contributed by atoms with Gasteiger partial charge in [0.2, 0.25) is 11.9 Å². The summed E-state index contributed by atoms with van der Waals surface area (Å²) in [6.45, 7) is 3.41. The van der Waals surface area contributed by atoms with Crippen LogP contribution in [0, 0.1) is 0 Å². The highest BCUT2D eigenvalue weighted by molar-refractivity contribution is 6.35. The van der Waals surface area contributed by atoms with E-state index in [0.717, 1.165) is 29.9 Å². The minimum atomic E-state index is 0.143. The molecule has 1 aromatic carbocycles. The number of benzene rings is 1. The first kappa shape index (κ1) is 16.8. The molecule has 0 spiro atoms. The fraction of sp³-hybridized carbons (Fsp3) is 0.333. The number of hydrogen-bond acceptors (Lipinski definition) is 5. The Morgan fingerprint density at radius 2 is 1.85 bits per heavy atom. The minimum Gasteiger partial charge on any atom is -0.339 e. The van der Waals surface area contributed by atoms with Gasteiger partial charge in [-0.25, -0.2) is 9.97 Å². The highest BCUT2D eigenvalue weighted by Crippen LogP contribution is 2.23. The van der Waals surface area contributed by atoms with E-state index in [1.54, 1.807) is 24.7 Å². The molecule has 8 heteroatoms. The summed E-state index contributed by atoms with van der Waals surface area (Å²) >= 11 is 6.18. The summed E-state index contributed by atoms with van der Waals surface area (Å²) in [7, 11) is 0. The Kier molecular flexibility index (Phi) is 4.71. The molecule has 0 N–H and O–H groups in total. The van der Waals surface area contributed by atoms with Gasteiger partial charge in [-0.15, -0.1) is 0 Å². The number of aromatic nitrogens is 4. The molecule has 0 atom stereocenters. The van der Waals surface area contributed by atoms with Gasteiger partial charge in [0.25, 0.3) is 0 Å². The maximum absolute atomic E-state index is 12.5. The predicted octanol–water partition coefficient (Wildman–Crippen LogP) is 2.22. The fourth-order valence-corrected chi connectivity index (χ4v) is 3.43. The SMILES string of the molecule is O=C(CCn1ncc2c(Cl)cccc21)N1CCN(c2ncccn2)CC1.